The summed E-state index contributed by atoms with van der Waals surface area (Å²) in [4.78, 5) is 13.7. The molecule has 0 atom stereocenters. The molecule has 0 spiro atoms. The Morgan fingerprint density at radius 3 is 2.40 bits per heavy atom. The van der Waals surface area contributed by atoms with Crippen LogP contribution in [0.2, 0.25) is 0 Å². The van der Waals surface area contributed by atoms with Gasteiger partial charge in [-0.05, 0) is 12.1 Å². The molecule has 15 heavy (non-hydrogen) atoms. The number of benzene rings is 2. The van der Waals surface area contributed by atoms with E-state index >= 15 is 0 Å². The van der Waals surface area contributed by atoms with Crippen LogP contribution in [0, 0.1) is 10.3 Å². The molecule has 0 aliphatic heterocycles. The predicted octanol–water partition coefficient (Wildman–Crippen LogP) is 3.12. The molecule has 0 fully saturated rings. The maximum atomic E-state index is 10.8. The standard InChI is InChI=1S/C10H7N3O2/c11-12-9-5-6-10(13(14)15)8-4-2-1-3-7(8)9/h1-6H,(H,14,15)/q+2. The normalized spacial score (nSPS) is 9.80. The maximum Gasteiger partial charge on any atom is 0.393 e. The van der Waals surface area contributed by atoms with Crippen LogP contribution in [-0.2, 0) is 0 Å². The van der Waals surface area contributed by atoms with Crippen LogP contribution in [0.3, 0.4) is 0 Å². The van der Waals surface area contributed by atoms with Crippen LogP contribution in [0.25, 0.3) is 15.7 Å². The molecule has 2 aromatic carbocycles. The lowest BCUT2D eigenvalue weighted by atomic mass is 10.1. The first-order valence-electron chi connectivity index (χ1n) is 4.27. The molecule has 0 saturated heterocycles. The summed E-state index contributed by atoms with van der Waals surface area (Å²) in [6.45, 7) is 0. The van der Waals surface area contributed by atoms with E-state index in [2.05, 4.69) is 4.98 Å². The summed E-state index contributed by atoms with van der Waals surface area (Å²) < 4.78 is 0. The van der Waals surface area contributed by atoms with Crippen LogP contribution < -0.4 is 0 Å². The Hall–Kier alpha value is -2.48. The molecule has 0 radical (unpaired) electrons. The van der Waals surface area contributed by atoms with Crippen molar-refractivity contribution in [2.24, 2.45) is 0 Å². The zero-order valence-corrected chi connectivity index (χ0v) is 7.66. The molecule has 2 rings (SSSR count). The Morgan fingerprint density at radius 2 is 1.80 bits per heavy atom. The molecule has 0 amide bonds. The average Bonchev–Trinajstić information content (AvgIpc) is 2.27. The molecule has 5 heteroatoms. The Balaban J connectivity index is 2.91. The van der Waals surface area contributed by atoms with Gasteiger partial charge < -0.3 is 0 Å². The second-order valence-corrected chi connectivity index (χ2v) is 3.02. The maximum absolute atomic E-state index is 10.8. The summed E-state index contributed by atoms with van der Waals surface area (Å²) in [6, 6.07) is 9.71. The molecule has 0 saturated carbocycles. The van der Waals surface area contributed by atoms with Crippen molar-refractivity contribution in [1.29, 1.82) is 5.39 Å². The lowest BCUT2D eigenvalue weighted by Gasteiger charge is -1.92. The summed E-state index contributed by atoms with van der Waals surface area (Å²) in [6.07, 6.45) is 0. The molecular formula is C10H7N3O2+2. The molecule has 0 aromatic heterocycles. The van der Waals surface area contributed by atoms with Gasteiger partial charge in [-0.15, -0.1) is 0 Å². The molecule has 0 aliphatic rings. The van der Waals surface area contributed by atoms with Gasteiger partial charge in [-0.25, -0.2) is 5.21 Å². The molecule has 1 N–H and O–H groups in total. The van der Waals surface area contributed by atoms with Crippen LogP contribution >= 0.6 is 0 Å². The number of hydrogen-bond acceptors (Lipinski definition) is 2. The molecule has 2 aromatic rings. The number of fused-ring (bicyclic) bond motifs is 1. The van der Waals surface area contributed by atoms with Crippen molar-refractivity contribution in [3.05, 3.63) is 46.3 Å². The third kappa shape index (κ3) is 1.38. The van der Waals surface area contributed by atoms with Gasteiger partial charge in [0.15, 0.2) is 4.98 Å². The lowest BCUT2D eigenvalue weighted by Crippen LogP contribution is -1.92. The second-order valence-electron chi connectivity index (χ2n) is 3.02. The van der Waals surface area contributed by atoms with Gasteiger partial charge in [-0.2, -0.15) is 0 Å². The zero-order chi connectivity index (χ0) is 10.8. The minimum Gasteiger partial charge on any atom is -0.241 e. The Morgan fingerprint density at radius 1 is 1.13 bits per heavy atom. The molecular weight excluding hydrogens is 194 g/mol. The van der Waals surface area contributed by atoms with Gasteiger partial charge >= 0.3 is 11.4 Å². The quantitative estimate of drug-likeness (QED) is 0.569. The van der Waals surface area contributed by atoms with Crippen molar-refractivity contribution >= 4 is 22.1 Å². The lowest BCUT2D eigenvalue weighted by molar-refractivity contribution is -0.728. The van der Waals surface area contributed by atoms with E-state index < -0.39 is 0 Å². The topological polar surface area (TPSA) is 68.5 Å². The first-order chi connectivity index (χ1) is 7.24. The van der Waals surface area contributed by atoms with Crippen LogP contribution in [0.15, 0.2) is 36.4 Å². The molecule has 0 aliphatic carbocycles. The van der Waals surface area contributed by atoms with Crippen molar-refractivity contribution in [1.82, 2.24) is 0 Å². The SMILES string of the molecule is N#[N+]c1ccc([N+](=O)O)c2ccccc12. The average molecular weight is 201 g/mol. The highest BCUT2D eigenvalue weighted by atomic mass is 16.6. The summed E-state index contributed by atoms with van der Waals surface area (Å²) >= 11 is 0. The summed E-state index contributed by atoms with van der Waals surface area (Å²) in [5.41, 5.74) is 0.481. The minimum absolute atomic E-state index is 0.123. The summed E-state index contributed by atoms with van der Waals surface area (Å²) in [7, 11) is 0. The highest BCUT2D eigenvalue weighted by Crippen LogP contribution is 2.32. The zero-order valence-electron chi connectivity index (χ0n) is 7.66. The largest absolute Gasteiger partial charge is 0.393 e. The number of hydrogen-bond donors (Lipinski definition) is 1. The van der Waals surface area contributed by atoms with Gasteiger partial charge in [0.25, 0.3) is 4.92 Å². The monoisotopic (exact) mass is 201 g/mol. The van der Waals surface area contributed by atoms with Gasteiger partial charge in [-0.1, -0.05) is 12.1 Å². The highest BCUT2D eigenvalue weighted by Gasteiger charge is 2.22. The molecule has 72 valence electrons. The van der Waals surface area contributed by atoms with Crippen LogP contribution in [-0.4, -0.2) is 10.1 Å². The van der Waals surface area contributed by atoms with E-state index in [4.69, 9.17) is 10.6 Å². The third-order valence-electron chi connectivity index (χ3n) is 2.19. The van der Waals surface area contributed by atoms with Crippen molar-refractivity contribution < 1.29 is 10.1 Å². The summed E-state index contributed by atoms with van der Waals surface area (Å²) in [5, 5.41) is 18.7. The van der Waals surface area contributed by atoms with E-state index in [9.17, 15) is 4.91 Å². The van der Waals surface area contributed by atoms with Crippen LogP contribution in [0.5, 0.6) is 0 Å². The van der Waals surface area contributed by atoms with Gasteiger partial charge in [0.1, 0.15) is 0 Å². The fourth-order valence-corrected chi connectivity index (χ4v) is 1.52. The van der Waals surface area contributed by atoms with Gasteiger partial charge in [0, 0.05) is 12.1 Å². The first kappa shape index (κ1) is 9.09. The van der Waals surface area contributed by atoms with Crippen LogP contribution in [0.4, 0.5) is 11.4 Å². The smallest absolute Gasteiger partial charge is 0.241 e. The van der Waals surface area contributed by atoms with E-state index in [1.54, 1.807) is 24.3 Å². The fraction of sp³-hybridized carbons (Fsp3) is 0. The minimum atomic E-state index is -0.205. The molecule has 0 heterocycles. The predicted molar refractivity (Wildman–Crippen MR) is 53.8 cm³/mol. The van der Waals surface area contributed by atoms with Crippen molar-refractivity contribution in [3.63, 3.8) is 0 Å². The number of rotatable bonds is 1. The third-order valence-corrected chi connectivity index (χ3v) is 2.19. The second kappa shape index (κ2) is 3.35. The van der Waals surface area contributed by atoms with E-state index in [0.29, 0.717) is 16.5 Å². The Kier molecular flexibility index (Phi) is 2.03. The van der Waals surface area contributed by atoms with Gasteiger partial charge in [0.05, 0.1) is 15.7 Å². The van der Waals surface area contributed by atoms with E-state index in [-0.39, 0.29) is 10.6 Å². The first-order valence-corrected chi connectivity index (χ1v) is 4.27. The van der Waals surface area contributed by atoms with Gasteiger partial charge in [0.2, 0.25) is 5.39 Å². The summed E-state index contributed by atoms with van der Waals surface area (Å²) in [5.74, 6) is 0. The molecule has 0 unspecified atom stereocenters. The van der Waals surface area contributed by atoms with Crippen molar-refractivity contribution in [3.8, 4) is 0 Å². The molecule has 5 nitrogen and oxygen atoms in total. The number of nitrogens with zero attached hydrogens (tertiary/aromatic N) is 3. The van der Waals surface area contributed by atoms with Crippen molar-refractivity contribution in [2.75, 3.05) is 0 Å². The Labute approximate surface area is 84.7 Å². The van der Waals surface area contributed by atoms with E-state index in [0.717, 1.165) is 0 Å². The highest BCUT2D eigenvalue weighted by molar-refractivity contribution is 5.99. The molecule has 0 bridgehead atoms. The van der Waals surface area contributed by atoms with E-state index in [1.807, 2.05) is 0 Å². The van der Waals surface area contributed by atoms with Gasteiger partial charge in [-0.3, -0.25) is 0 Å². The number of diazo groups is 1. The van der Waals surface area contributed by atoms with Crippen LogP contribution in [0.1, 0.15) is 0 Å². The van der Waals surface area contributed by atoms with E-state index in [1.165, 1.54) is 12.1 Å². The fourth-order valence-electron chi connectivity index (χ4n) is 1.52. The van der Waals surface area contributed by atoms with Crippen molar-refractivity contribution in [2.45, 2.75) is 0 Å². The Bertz CT molecular complexity index is 587.